The lowest BCUT2D eigenvalue weighted by Crippen LogP contribution is -2.46. The molecule has 1 aromatic carbocycles. The first-order chi connectivity index (χ1) is 10.5. The number of amides is 2. The smallest absolute Gasteiger partial charge is 0.338 e. The lowest BCUT2D eigenvalue weighted by atomic mass is 9.95. The molecule has 0 bridgehead atoms. The van der Waals surface area contributed by atoms with E-state index >= 15 is 0 Å². The Morgan fingerprint density at radius 1 is 1.32 bits per heavy atom. The van der Waals surface area contributed by atoms with E-state index in [9.17, 15) is 9.59 Å². The van der Waals surface area contributed by atoms with Crippen LogP contribution in [-0.2, 0) is 9.53 Å². The molecule has 118 valence electrons. The molecule has 0 unspecified atom stereocenters. The van der Waals surface area contributed by atoms with Crippen molar-refractivity contribution in [2.75, 3.05) is 20.8 Å². The van der Waals surface area contributed by atoms with Gasteiger partial charge < -0.3 is 19.7 Å². The molecule has 0 aliphatic carbocycles. The van der Waals surface area contributed by atoms with Crippen molar-refractivity contribution in [3.8, 4) is 5.75 Å². The van der Waals surface area contributed by atoms with Crippen LogP contribution < -0.4 is 10.1 Å². The second-order valence-corrected chi connectivity index (χ2v) is 4.93. The van der Waals surface area contributed by atoms with Gasteiger partial charge in [0.25, 0.3) is 0 Å². The van der Waals surface area contributed by atoms with Crippen LogP contribution in [0.4, 0.5) is 4.79 Å². The van der Waals surface area contributed by atoms with E-state index in [2.05, 4.69) is 5.32 Å². The summed E-state index contributed by atoms with van der Waals surface area (Å²) >= 11 is 0. The van der Waals surface area contributed by atoms with E-state index < -0.39 is 12.0 Å². The van der Waals surface area contributed by atoms with Gasteiger partial charge in [-0.05, 0) is 31.5 Å². The van der Waals surface area contributed by atoms with E-state index in [1.807, 2.05) is 12.1 Å². The summed E-state index contributed by atoms with van der Waals surface area (Å²) < 4.78 is 10.3. The zero-order chi connectivity index (χ0) is 16.3. The maximum absolute atomic E-state index is 12.3. The Kier molecular flexibility index (Phi) is 4.70. The Bertz CT molecular complexity index is 607. The summed E-state index contributed by atoms with van der Waals surface area (Å²) in [5.41, 5.74) is 1.82. The number of hydrogen-bond donors (Lipinski definition) is 1. The fourth-order valence-electron chi connectivity index (χ4n) is 2.36. The maximum Gasteiger partial charge on any atom is 0.338 e. The van der Waals surface area contributed by atoms with E-state index in [0.29, 0.717) is 17.0 Å². The number of benzene rings is 1. The number of ether oxygens (including phenoxy) is 2. The van der Waals surface area contributed by atoms with Gasteiger partial charge in [-0.25, -0.2) is 9.59 Å². The molecular weight excluding hydrogens is 284 g/mol. The van der Waals surface area contributed by atoms with Crippen LogP contribution in [-0.4, -0.2) is 37.7 Å². The highest BCUT2D eigenvalue weighted by Crippen LogP contribution is 2.31. The molecule has 1 aromatic rings. The molecule has 1 aliphatic rings. The number of allylic oxidation sites excluding steroid dienone is 1. The van der Waals surface area contributed by atoms with Crippen molar-refractivity contribution in [2.45, 2.75) is 19.9 Å². The molecule has 6 nitrogen and oxygen atoms in total. The van der Waals surface area contributed by atoms with Crippen LogP contribution in [0, 0.1) is 0 Å². The van der Waals surface area contributed by atoms with E-state index in [1.54, 1.807) is 40.1 Å². The van der Waals surface area contributed by atoms with Crippen molar-refractivity contribution < 1.29 is 19.1 Å². The zero-order valence-corrected chi connectivity index (χ0v) is 13.2. The van der Waals surface area contributed by atoms with Gasteiger partial charge in [0.1, 0.15) is 5.75 Å². The molecule has 0 saturated heterocycles. The van der Waals surface area contributed by atoms with Crippen LogP contribution in [0.2, 0.25) is 0 Å². The molecule has 0 saturated carbocycles. The largest absolute Gasteiger partial charge is 0.497 e. The lowest BCUT2D eigenvalue weighted by Gasteiger charge is -2.33. The highest BCUT2D eigenvalue weighted by molar-refractivity contribution is 5.94. The van der Waals surface area contributed by atoms with Gasteiger partial charge in [-0.15, -0.1) is 0 Å². The molecule has 1 atom stereocenters. The average molecular weight is 304 g/mol. The summed E-state index contributed by atoms with van der Waals surface area (Å²) in [6, 6.07) is 6.43. The molecule has 1 heterocycles. The van der Waals surface area contributed by atoms with Crippen LogP contribution in [0.3, 0.4) is 0 Å². The fourth-order valence-corrected chi connectivity index (χ4v) is 2.36. The Morgan fingerprint density at radius 3 is 2.50 bits per heavy atom. The van der Waals surface area contributed by atoms with E-state index in [4.69, 9.17) is 9.47 Å². The van der Waals surface area contributed by atoms with Crippen LogP contribution in [0.25, 0.3) is 0 Å². The minimum absolute atomic E-state index is 0.258. The minimum Gasteiger partial charge on any atom is -0.497 e. The van der Waals surface area contributed by atoms with Crippen molar-refractivity contribution in [1.29, 1.82) is 0 Å². The Morgan fingerprint density at radius 2 is 1.95 bits per heavy atom. The van der Waals surface area contributed by atoms with Crippen molar-refractivity contribution in [2.24, 2.45) is 0 Å². The first-order valence-electron chi connectivity index (χ1n) is 7.05. The first-order valence-corrected chi connectivity index (χ1v) is 7.05. The third-order valence-corrected chi connectivity index (χ3v) is 3.70. The fraction of sp³-hybridized carbons (Fsp3) is 0.375. The number of urea groups is 1. The molecule has 0 aromatic heterocycles. The second kappa shape index (κ2) is 6.51. The number of nitrogens with zero attached hydrogens (tertiary/aromatic N) is 1. The summed E-state index contributed by atoms with van der Waals surface area (Å²) in [6.45, 7) is 3.77. The lowest BCUT2D eigenvalue weighted by molar-refractivity contribution is -0.139. The molecule has 2 rings (SSSR count). The summed E-state index contributed by atoms with van der Waals surface area (Å²) in [4.78, 5) is 25.7. The van der Waals surface area contributed by atoms with Gasteiger partial charge in [0.05, 0.1) is 25.3 Å². The van der Waals surface area contributed by atoms with E-state index in [1.165, 1.54) is 4.90 Å². The van der Waals surface area contributed by atoms with Gasteiger partial charge in [0.2, 0.25) is 0 Å². The first kappa shape index (κ1) is 15.9. The van der Waals surface area contributed by atoms with Crippen molar-refractivity contribution in [3.63, 3.8) is 0 Å². The molecule has 2 amide bonds. The van der Waals surface area contributed by atoms with E-state index in [0.717, 1.165) is 5.56 Å². The summed E-state index contributed by atoms with van der Waals surface area (Å²) in [5.74, 6) is 0.286. The molecule has 0 fully saturated rings. The van der Waals surface area contributed by atoms with Crippen LogP contribution >= 0.6 is 0 Å². The molecule has 6 heteroatoms. The van der Waals surface area contributed by atoms with Crippen molar-refractivity contribution in [1.82, 2.24) is 10.2 Å². The predicted octanol–water partition coefficient (Wildman–Crippen LogP) is 2.23. The number of esters is 1. The van der Waals surface area contributed by atoms with Crippen molar-refractivity contribution in [3.05, 3.63) is 41.1 Å². The highest BCUT2D eigenvalue weighted by atomic mass is 16.5. The molecule has 22 heavy (non-hydrogen) atoms. The van der Waals surface area contributed by atoms with Crippen LogP contribution in [0.15, 0.2) is 35.5 Å². The number of nitrogens with one attached hydrogen (secondary N) is 1. The van der Waals surface area contributed by atoms with Crippen molar-refractivity contribution >= 4 is 12.0 Å². The normalized spacial score (nSPS) is 18.1. The van der Waals surface area contributed by atoms with Gasteiger partial charge in [-0.1, -0.05) is 12.1 Å². The molecular formula is C16H20N2O4. The number of carbonyl (C=O) groups excluding carboxylic acids is 2. The topological polar surface area (TPSA) is 67.9 Å². The molecule has 0 spiro atoms. The third kappa shape index (κ3) is 2.90. The third-order valence-electron chi connectivity index (χ3n) is 3.70. The second-order valence-electron chi connectivity index (χ2n) is 4.93. The zero-order valence-electron chi connectivity index (χ0n) is 13.2. The van der Waals surface area contributed by atoms with Gasteiger partial charge >= 0.3 is 12.0 Å². The van der Waals surface area contributed by atoms with Gasteiger partial charge in [-0.2, -0.15) is 0 Å². The summed E-state index contributed by atoms with van der Waals surface area (Å²) in [7, 11) is 3.20. The average Bonchev–Trinajstić information content (AvgIpc) is 2.52. The van der Waals surface area contributed by atoms with Gasteiger partial charge in [-0.3, -0.25) is 0 Å². The number of carbonyl (C=O) groups is 2. The van der Waals surface area contributed by atoms with E-state index in [-0.39, 0.29) is 12.6 Å². The number of hydrogen-bond acceptors (Lipinski definition) is 4. The van der Waals surface area contributed by atoms with Crippen LogP contribution in [0.1, 0.15) is 25.5 Å². The summed E-state index contributed by atoms with van der Waals surface area (Å²) in [5, 5.41) is 2.83. The SMILES string of the molecule is CCOC(=O)C1=C(C)N(C)C(=O)N[C@H]1c1ccc(OC)cc1. The van der Waals surface area contributed by atoms with Gasteiger partial charge in [0, 0.05) is 12.7 Å². The quantitative estimate of drug-likeness (QED) is 0.866. The Balaban J connectivity index is 2.45. The molecule has 0 radical (unpaired) electrons. The maximum atomic E-state index is 12.3. The Hall–Kier alpha value is -2.50. The standard InChI is InChI=1S/C16H20N2O4/c1-5-22-15(19)13-10(2)18(3)16(20)17-14(13)11-6-8-12(21-4)9-7-11/h6-9,14H,5H2,1-4H3,(H,17,20)/t14-/m0/s1. The molecule has 1 N–H and O–H groups in total. The minimum atomic E-state index is -0.534. The predicted molar refractivity (Wildman–Crippen MR) is 81.4 cm³/mol. The number of rotatable bonds is 4. The van der Waals surface area contributed by atoms with Crippen LogP contribution in [0.5, 0.6) is 5.75 Å². The highest BCUT2D eigenvalue weighted by Gasteiger charge is 2.34. The molecule has 1 aliphatic heterocycles. The number of methoxy groups -OCH3 is 1. The van der Waals surface area contributed by atoms with Gasteiger partial charge in [0.15, 0.2) is 0 Å². The summed E-state index contributed by atoms with van der Waals surface area (Å²) in [6.07, 6.45) is 0. The monoisotopic (exact) mass is 304 g/mol. The Labute approximate surface area is 129 Å².